The summed E-state index contributed by atoms with van der Waals surface area (Å²) in [5.41, 5.74) is 2.81. The lowest BCUT2D eigenvalue weighted by Crippen LogP contribution is -2.27. The summed E-state index contributed by atoms with van der Waals surface area (Å²) < 4.78 is 1.92. The van der Waals surface area contributed by atoms with Gasteiger partial charge < -0.3 is 4.90 Å². The van der Waals surface area contributed by atoms with E-state index >= 15 is 0 Å². The zero-order chi connectivity index (χ0) is 18.8. The van der Waals surface area contributed by atoms with Crippen LogP contribution in [0.25, 0.3) is 16.8 Å². The molecule has 1 saturated heterocycles. The standard InChI is InChI=1S/C20H17Cl2N3OS/c21-17-5-3-4-16(18(17)22)14-6-8-15(9-7-14)25-12-13-27-20(25)23-19(26)24-10-1-2-11-24/h3-9,12-13H,1-2,10-11H2/b23-20-. The van der Waals surface area contributed by atoms with Crippen LogP contribution in [0.1, 0.15) is 12.8 Å². The van der Waals surface area contributed by atoms with Crippen LogP contribution in [0.4, 0.5) is 4.79 Å². The van der Waals surface area contributed by atoms with E-state index in [0.29, 0.717) is 14.8 Å². The van der Waals surface area contributed by atoms with Gasteiger partial charge in [-0.3, -0.25) is 4.57 Å². The average Bonchev–Trinajstić information content (AvgIpc) is 3.36. The Morgan fingerprint density at radius 3 is 2.52 bits per heavy atom. The second-order valence-electron chi connectivity index (χ2n) is 6.29. The van der Waals surface area contributed by atoms with Gasteiger partial charge in [-0.25, -0.2) is 4.79 Å². The Labute approximate surface area is 171 Å². The molecular formula is C20H17Cl2N3OS. The molecule has 3 aromatic rings. The molecule has 0 aliphatic carbocycles. The Kier molecular flexibility index (Phi) is 5.34. The molecule has 4 nitrogen and oxygen atoms in total. The normalized spacial score (nSPS) is 14.7. The highest BCUT2D eigenvalue weighted by Crippen LogP contribution is 2.33. The van der Waals surface area contributed by atoms with Gasteiger partial charge in [0.05, 0.1) is 10.0 Å². The van der Waals surface area contributed by atoms with E-state index < -0.39 is 0 Å². The van der Waals surface area contributed by atoms with Crippen LogP contribution in [0.2, 0.25) is 10.0 Å². The summed E-state index contributed by atoms with van der Waals surface area (Å²) in [5, 5.41) is 3.01. The van der Waals surface area contributed by atoms with Gasteiger partial charge in [-0.15, -0.1) is 11.3 Å². The van der Waals surface area contributed by atoms with Crippen molar-refractivity contribution in [3.8, 4) is 16.8 Å². The number of carbonyl (C=O) groups is 1. The molecule has 1 aliphatic rings. The van der Waals surface area contributed by atoms with Gasteiger partial charge in [0.25, 0.3) is 0 Å². The van der Waals surface area contributed by atoms with E-state index in [4.69, 9.17) is 23.2 Å². The second-order valence-corrected chi connectivity index (χ2v) is 7.95. The largest absolute Gasteiger partial charge is 0.346 e. The number of amides is 2. The fraction of sp³-hybridized carbons (Fsp3) is 0.200. The van der Waals surface area contributed by atoms with Crippen LogP contribution in [-0.2, 0) is 0 Å². The zero-order valence-corrected chi connectivity index (χ0v) is 16.8. The fourth-order valence-corrected chi connectivity index (χ4v) is 4.26. The molecule has 0 bridgehead atoms. The first kappa shape index (κ1) is 18.3. The lowest BCUT2D eigenvalue weighted by molar-refractivity contribution is 0.218. The van der Waals surface area contributed by atoms with Crippen LogP contribution in [-0.4, -0.2) is 28.6 Å². The van der Waals surface area contributed by atoms with Crippen LogP contribution in [0.15, 0.2) is 59.0 Å². The molecule has 2 aromatic carbocycles. The van der Waals surface area contributed by atoms with Crippen molar-refractivity contribution in [3.63, 3.8) is 0 Å². The molecule has 138 valence electrons. The summed E-state index contributed by atoms with van der Waals surface area (Å²) in [7, 11) is 0. The number of hydrogen-bond acceptors (Lipinski definition) is 2. The minimum atomic E-state index is -0.161. The van der Waals surface area contributed by atoms with Crippen LogP contribution >= 0.6 is 34.5 Å². The Morgan fingerprint density at radius 2 is 1.78 bits per heavy atom. The smallest absolute Gasteiger partial charge is 0.323 e. The number of nitrogens with zero attached hydrogens (tertiary/aromatic N) is 3. The van der Waals surface area contributed by atoms with E-state index in [1.54, 1.807) is 11.0 Å². The number of benzene rings is 2. The van der Waals surface area contributed by atoms with Crippen molar-refractivity contribution in [2.45, 2.75) is 12.8 Å². The maximum Gasteiger partial charge on any atom is 0.346 e. The highest BCUT2D eigenvalue weighted by Gasteiger charge is 2.17. The molecule has 0 unspecified atom stereocenters. The quantitative estimate of drug-likeness (QED) is 0.532. The van der Waals surface area contributed by atoms with E-state index in [9.17, 15) is 4.79 Å². The van der Waals surface area contributed by atoms with Gasteiger partial charge in [-0.2, -0.15) is 4.99 Å². The number of urea groups is 1. The minimum Gasteiger partial charge on any atom is -0.323 e. The molecule has 4 rings (SSSR count). The van der Waals surface area contributed by atoms with Crippen molar-refractivity contribution in [2.24, 2.45) is 4.99 Å². The van der Waals surface area contributed by atoms with E-state index in [0.717, 1.165) is 42.7 Å². The first-order valence-electron chi connectivity index (χ1n) is 8.68. The molecule has 2 amide bonds. The predicted octanol–water partition coefficient (Wildman–Crippen LogP) is 5.63. The number of carbonyl (C=O) groups excluding carboxylic acids is 1. The van der Waals surface area contributed by atoms with Crippen LogP contribution < -0.4 is 4.80 Å². The lowest BCUT2D eigenvalue weighted by Gasteiger charge is -2.11. The Hall–Kier alpha value is -2.08. The molecule has 0 saturated carbocycles. The molecule has 1 aliphatic heterocycles. The third-order valence-electron chi connectivity index (χ3n) is 4.57. The first-order valence-corrected chi connectivity index (χ1v) is 10.3. The summed E-state index contributed by atoms with van der Waals surface area (Å²) in [5.74, 6) is 0. The maximum absolute atomic E-state index is 12.3. The number of hydrogen-bond donors (Lipinski definition) is 0. The number of halogens is 2. The van der Waals surface area contributed by atoms with Crippen molar-refractivity contribution in [1.82, 2.24) is 9.47 Å². The van der Waals surface area contributed by atoms with Crippen molar-refractivity contribution in [1.29, 1.82) is 0 Å². The maximum atomic E-state index is 12.3. The van der Waals surface area contributed by atoms with Crippen molar-refractivity contribution in [2.75, 3.05) is 13.1 Å². The van der Waals surface area contributed by atoms with E-state index in [1.807, 2.05) is 52.5 Å². The van der Waals surface area contributed by atoms with Gasteiger partial charge in [0.1, 0.15) is 0 Å². The fourth-order valence-electron chi connectivity index (χ4n) is 3.14. The van der Waals surface area contributed by atoms with E-state index in [-0.39, 0.29) is 6.03 Å². The van der Waals surface area contributed by atoms with Crippen LogP contribution in [0, 0.1) is 0 Å². The summed E-state index contributed by atoms with van der Waals surface area (Å²) in [4.78, 5) is 19.1. The third-order valence-corrected chi connectivity index (χ3v) is 6.14. The van der Waals surface area contributed by atoms with Gasteiger partial charge in [0.15, 0.2) is 4.80 Å². The van der Waals surface area contributed by atoms with Gasteiger partial charge in [0, 0.05) is 35.9 Å². The Morgan fingerprint density at radius 1 is 1.04 bits per heavy atom. The topological polar surface area (TPSA) is 37.6 Å². The number of likely N-dealkylation sites (tertiary alicyclic amines) is 1. The van der Waals surface area contributed by atoms with Crippen LogP contribution in [0.3, 0.4) is 0 Å². The molecule has 7 heteroatoms. The van der Waals surface area contributed by atoms with Gasteiger partial charge in [-0.05, 0) is 36.6 Å². The Bertz CT molecular complexity index is 1030. The zero-order valence-electron chi connectivity index (χ0n) is 14.4. The van der Waals surface area contributed by atoms with Gasteiger partial charge >= 0.3 is 6.03 Å². The molecule has 0 spiro atoms. The average molecular weight is 418 g/mol. The molecule has 0 atom stereocenters. The van der Waals surface area contributed by atoms with Gasteiger partial charge in [0.2, 0.25) is 0 Å². The number of thiazole rings is 1. The number of aromatic nitrogens is 1. The number of rotatable bonds is 2. The highest BCUT2D eigenvalue weighted by atomic mass is 35.5. The van der Waals surface area contributed by atoms with E-state index in [1.165, 1.54) is 11.3 Å². The molecule has 1 fully saturated rings. The SMILES string of the molecule is O=C(/N=c1\sccn1-c1ccc(-c2cccc(Cl)c2Cl)cc1)N1CCCC1. The predicted molar refractivity (Wildman–Crippen MR) is 111 cm³/mol. The van der Waals surface area contributed by atoms with Crippen LogP contribution in [0.5, 0.6) is 0 Å². The molecule has 1 aromatic heterocycles. The first-order chi connectivity index (χ1) is 13.1. The molecule has 2 heterocycles. The molecule has 0 radical (unpaired) electrons. The highest BCUT2D eigenvalue weighted by molar-refractivity contribution is 7.07. The summed E-state index contributed by atoms with van der Waals surface area (Å²) >= 11 is 13.9. The van der Waals surface area contributed by atoms with Gasteiger partial charge in [-0.1, -0.05) is 47.5 Å². The Balaban J connectivity index is 1.65. The molecule has 0 N–H and O–H groups in total. The molecule has 27 heavy (non-hydrogen) atoms. The molecular weight excluding hydrogens is 401 g/mol. The third kappa shape index (κ3) is 3.81. The monoisotopic (exact) mass is 417 g/mol. The summed E-state index contributed by atoms with van der Waals surface area (Å²) in [6, 6.07) is 13.4. The van der Waals surface area contributed by atoms with Crippen molar-refractivity contribution < 1.29 is 4.79 Å². The minimum absolute atomic E-state index is 0.161. The van der Waals surface area contributed by atoms with Crippen molar-refractivity contribution >= 4 is 40.6 Å². The lowest BCUT2D eigenvalue weighted by atomic mass is 10.1. The summed E-state index contributed by atoms with van der Waals surface area (Å²) in [6.07, 6.45) is 4.03. The second kappa shape index (κ2) is 7.89. The van der Waals surface area contributed by atoms with E-state index in [2.05, 4.69) is 4.99 Å². The van der Waals surface area contributed by atoms with Crippen molar-refractivity contribution in [3.05, 3.63) is 68.9 Å². The summed E-state index contributed by atoms with van der Waals surface area (Å²) in [6.45, 7) is 1.59.